The van der Waals surface area contributed by atoms with Gasteiger partial charge in [0.15, 0.2) is 0 Å². The fraction of sp³-hybridized carbons (Fsp3) is 0.607. The highest BCUT2D eigenvalue weighted by molar-refractivity contribution is 9.09. The van der Waals surface area contributed by atoms with Crippen molar-refractivity contribution in [3.63, 3.8) is 0 Å². The maximum Gasteiger partial charge on any atom is 0.310 e. The van der Waals surface area contributed by atoms with Crippen LogP contribution in [0.4, 0.5) is 0 Å². The first kappa shape index (κ1) is 28.2. The summed E-state index contributed by atoms with van der Waals surface area (Å²) in [5, 5.41) is 10.3. The Morgan fingerprint density at radius 2 is 2.05 bits per heavy atom. The van der Waals surface area contributed by atoms with Crippen molar-refractivity contribution in [2.75, 3.05) is 19.8 Å². The first-order chi connectivity index (χ1) is 17.7. The number of hydrogen-bond donors (Lipinski definition) is 1. The summed E-state index contributed by atoms with van der Waals surface area (Å²) in [5.41, 5.74) is 0.981. The van der Waals surface area contributed by atoms with E-state index in [1.165, 1.54) is 0 Å². The molecule has 3 heterocycles. The Kier molecular flexibility index (Phi) is 8.75. The Morgan fingerprint density at radius 1 is 1.35 bits per heavy atom. The Labute approximate surface area is 232 Å². The summed E-state index contributed by atoms with van der Waals surface area (Å²) in [6, 6.07) is 8.44. The third-order valence-electron chi connectivity index (χ3n) is 7.74. The van der Waals surface area contributed by atoms with Gasteiger partial charge in [-0.15, -0.1) is 18.3 Å². The number of amides is 2. The number of rotatable bonds is 11. The zero-order valence-electron chi connectivity index (χ0n) is 21.7. The number of carbonyl (C=O) groups excluding carboxylic acids is 3. The molecule has 37 heavy (non-hydrogen) atoms. The minimum atomic E-state index is -0.793. The fourth-order valence-electron chi connectivity index (χ4n) is 6.43. The Hall–Kier alpha value is -1.84. The average Bonchev–Trinajstić information content (AvgIpc) is 3.46. The second-order valence-electron chi connectivity index (χ2n) is 10.6. The van der Waals surface area contributed by atoms with Gasteiger partial charge in [-0.2, -0.15) is 0 Å². The Bertz CT molecular complexity index is 1020. The number of alkyl halides is 1. The van der Waals surface area contributed by atoms with Crippen molar-refractivity contribution in [1.29, 1.82) is 0 Å². The second-order valence-corrected chi connectivity index (χ2v) is 13.3. The first-order valence-electron chi connectivity index (χ1n) is 13.0. The van der Waals surface area contributed by atoms with Gasteiger partial charge in [-0.25, -0.2) is 0 Å². The molecule has 1 N–H and O–H groups in total. The van der Waals surface area contributed by atoms with Crippen LogP contribution in [0.1, 0.15) is 39.2 Å². The van der Waals surface area contributed by atoms with Gasteiger partial charge in [0.1, 0.15) is 6.04 Å². The molecule has 1 spiro atoms. The van der Waals surface area contributed by atoms with Crippen molar-refractivity contribution < 1.29 is 24.2 Å². The van der Waals surface area contributed by atoms with Crippen molar-refractivity contribution in [1.82, 2.24) is 9.80 Å². The van der Waals surface area contributed by atoms with E-state index in [2.05, 4.69) is 22.5 Å². The molecule has 9 heteroatoms. The van der Waals surface area contributed by atoms with Crippen LogP contribution in [0.3, 0.4) is 0 Å². The van der Waals surface area contributed by atoms with Gasteiger partial charge in [0.2, 0.25) is 11.8 Å². The van der Waals surface area contributed by atoms with E-state index in [1.807, 2.05) is 44.2 Å². The molecule has 0 saturated carbocycles. The number of likely N-dealkylation sites (tertiary alicyclic amines) is 1. The van der Waals surface area contributed by atoms with Crippen LogP contribution in [-0.2, 0) is 25.7 Å². The maximum atomic E-state index is 14.5. The van der Waals surface area contributed by atoms with Crippen LogP contribution >= 0.6 is 27.7 Å². The predicted octanol–water partition coefficient (Wildman–Crippen LogP) is 3.64. The van der Waals surface area contributed by atoms with Crippen molar-refractivity contribution in [3.05, 3.63) is 48.6 Å². The van der Waals surface area contributed by atoms with Gasteiger partial charge in [-0.3, -0.25) is 14.4 Å². The van der Waals surface area contributed by atoms with Crippen molar-refractivity contribution in [2.24, 2.45) is 17.8 Å². The molecule has 2 bridgehead atoms. The summed E-state index contributed by atoms with van der Waals surface area (Å²) in [6.07, 6.45) is 2.85. The predicted molar refractivity (Wildman–Crippen MR) is 148 cm³/mol. The highest BCUT2D eigenvalue weighted by atomic mass is 79.9. The van der Waals surface area contributed by atoms with Crippen LogP contribution in [0.2, 0.25) is 0 Å². The normalized spacial score (nSPS) is 30.9. The van der Waals surface area contributed by atoms with Crippen LogP contribution in [0, 0.1) is 17.8 Å². The van der Waals surface area contributed by atoms with Gasteiger partial charge in [0.25, 0.3) is 0 Å². The fourth-order valence-corrected chi connectivity index (χ4v) is 10.0. The van der Waals surface area contributed by atoms with Crippen molar-refractivity contribution in [3.8, 4) is 0 Å². The standard InChI is InChI=1S/C28H37BrN2O5S/c1-5-12-30(15-18-10-8-7-9-11-18)26(34)24-28-14-20(29)23(37-28)21(27(35)36-6-2)22(28)25(33)31(24)19(16-32)13-17(3)4/h5,7-11,17,19-24,32H,1,6,12-16H2,2-4H3/t19-,20?,21+,22+,23+,24?,28?/m1/s1. The lowest BCUT2D eigenvalue weighted by atomic mass is 9.71. The molecule has 2 amide bonds. The van der Waals surface area contributed by atoms with Gasteiger partial charge >= 0.3 is 5.97 Å². The molecule has 0 aromatic heterocycles. The van der Waals surface area contributed by atoms with Crippen LogP contribution < -0.4 is 0 Å². The zero-order valence-corrected chi connectivity index (χ0v) is 24.1. The summed E-state index contributed by atoms with van der Waals surface area (Å²) in [4.78, 5) is 45.2. The number of aliphatic hydroxyl groups excluding tert-OH is 1. The maximum absolute atomic E-state index is 14.5. The molecular weight excluding hydrogens is 556 g/mol. The minimum Gasteiger partial charge on any atom is -0.466 e. The van der Waals surface area contributed by atoms with E-state index < -0.39 is 28.7 Å². The molecule has 0 aliphatic carbocycles. The molecule has 3 aliphatic rings. The number of aliphatic hydroxyl groups is 1. The summed E-state index contributed by atoms with van der Waals surface area (Å²) in [7, 11) is 0. The van der Waals surface area contributed by atoms with Crippen LogP contribution in [0.25, 0.3) is 0 Å². The number of ether oxygens (including phenoxy) is 1. The number of thioether (sulfide) groups is 1. The highest BCUT2D eigenvalue weighted by Gasteiger charge is 2.76. The summed E-state index contributed by atoms with van der Waals surface area (Å²) < 4.78 is 4.65. The van der Waals surface area contributed by atoms with Gasteiger partial charge in [-0.1, -0.05) is 66.2 Å². The van der Waals surface area contributed by atoms with E-state index in [0.29, 0.717) is 25.9 Å². The molecule has 3 fully saturated rings. The van der Waals surface area contributed by atoms with Crippen LogP contribution in [0.5, 0.6) is 0 Å². The monoisotopic (exact) mass is 592 g/mol. The number of hydrogen-bond acceptors (Lipinski definition) is 6. The highest BCUT2D eigenvalue weighted by Crippen LogP contribution is 2.68. The molecule has 202 valence electrons. The number of fused-ring (bicyclic) bond motifs is 1. The second kappa shape index (κ2) is 11.5. The first-order valence-corrected chi connectivity index (χ1v) is 14.8. The number of nitrogens with zero attached hydrogens (tertiary/aromatic N) is 2. The van der Waals surface area contributed by atoms with Crippen molar-refractivity contribution >= 4 is 45.5 Å². The van der Waals surface area contributed by atoms with Crippen molar-refractivity contribution in [2.45, 2.75) is 67.1 Å². The third-order valence-corrected chi connectivity index (χ3v) is 11.0. The molecule has 7 nitrogen and oxygen atoms in total. The van der Waals surface area contributed by atoms with Gasteiger partial charge in [0.05, 0.1) is 35.8 Å². The molecule has 1 aromatic carbocycles. The number of carbonyl (C=O) groups is 3. The van der Waals surface area contributed by atoms with Gasteiger partial charge < -0.3 is 19.6 Å². The van der Waals surface area contributed by atoms with E-state index in [-0.39, 0.29) is 47.0 Å². The minimum absolute atomic E-state index is 0.0224. The van der Waals surface area contributed by atoms with E-state index in [9.17, 15) is 19.5 Å². The molecule has 0 radical (unpaired) electrons. The van der Waals surface area contributed by atoms with E-state index in [4.69, 9.17) is 4.74 Å². The molecule has 3 aliphatic heterocycles. The molecule has 3 unspecified atom stereocenters. The quantitative estimate of drug-likeness (QED) is 0.240. The molecular formula is C28H37BrN2O5S. The summed E-state index contributed by atoms with van der Waals surface area (Å²) in [5.74, 6) is -1.85. The molecule has 3 saturated heterocycles. The topological polar surface area (TPSA) is 87.2 Å². The van der Waals surface area contributed by atoms with Gasteiger partial charge in [-0.05, 0) is 31.2 Å². The van der Waals surface area contributed by atoms with E-state index in [1.54, 1.807) is 34.6 Å². The summed E-state index contributed by atoms with van der Waals surface area (Å²) >= 11 is 5.36. The Balaban J connectivity index is 1.79. The molecule has 7 atom stereocenters. The Morgan fingerprint density at radius 3 is 2.65 bits per heavy atom. The lowest BCUT2D eigenvalue weighted by molar-refractivity contribution is -0.154. The van der Waals surface area contributed by atoms with Crippen LogP contribution in [-0.4, -0.2) is 79.4 Å². The van der Waals surface area contributed by atoms with E-state index >= 15 is 0 Å². The SMILES string of the molecule is C=CCN(Cc1ccccc1)C(=O)C1N([C@@H](CO)CC(C)C)C(=O)[C@@H]2[C@H](C(=O)OCC)[C@H]3SC12CC3Br. The smallest absolute Gasteiger partial charge is 0.310 e. The number of halogens is 1. The lowest BCUT2D eigenvalue weighted by Gasteiger charge is -2.40. The van der Waals surface area contributed by atoms with Gasteiger partial charge in [0, 0.05) is 23.2 Å². The average molecular weight is 594 g/mol. The molecule has 1 aromatic rings. The van der Waals surface area contributed by atoms with E-state index in [0.717, 1.165) is 5.56 Å². The van der Waals surface area contributed by atoms with Crippen LogP contribution in [0.15, 0.2) is 43.0 Å². The third kappa shape index (κ3) is 4.99. The summed E-state index contributed by atoms with van der Waals surface area (Å²) in [6.45, 7) is 10.4. The molecule has 4 rings (SSSR count). The lowest BCUT2D eigenvalue weighted by Crippen LogP contribution is -2.57. The largest absolute Gasteiger partial charge is 0.466 e. The zero-order chi connectivity index (χ0) is 26.9. The number of benzene rings is 1. The number of esters is 1.